The molecule has 0 bridgehead atoms. The first-order chi connectivity index (χ1) is 8.41. The minimum atomic E-state index is -0.812. The average molecular weight is 257 g/mol. The van der Waals surface area contributed by atoms with Crippen molar-refractivity contribution in [3.8, 4) is 0 Å². The van der Waals surface area contributed by atoms with Gasteiger partial charge in [-0.25, -0.2) is 0 Å². The van der Waals surface area contributed by atoms with Gasteiger partial charge in [0.25, 0.3) is 0 Å². The first kappa shape index (κ1) is 15.0. The number of aliphatic hydroxyl groups is 1. The summed E-state index contributed by atoms with van der Waals surface area (Å²) in [5.74, 6) is -0.730. The predicted octanol–water partition coefficient (Wildman–Crippen LogP) is 1.39. The molecule has 1 saturated heterocycles. The van der Waals surface area contributed by atoms with Crippen LogP contribution in [0.2, 0.25) is 0 Å². The molecule has 0 aromatic rings. The number of rotatable bonds is 5. The molecule has 104 valence electrons. The van der Waals surface area contributed by atoms with Crippen molar-refractivity contribution in [3.63, 3.8) is 0 Å². The summed E-state index contributed by atoms with van der Waals surface area (Å²) in [6.45, 7) is 3.12. The van der Waals surface area contributed by atoms with Crippen LogP contribution in [0.25, 0.3) is 0 Å². The maximum absolute atomic E-state index is 11.9. The zero-order chi connectivity index (χ0) is 13.6. The monoisotopic (exact) mass is 257 g/mol. The van der Waals surface area contributed by atoms with Gasteiger partial charge >= 0.3 is 5.97 Å². The number of likely N-dealkylation sites (tertiary alicyclic amines) is 1. The second kappa shape index (κ2) is 6.73. The number of amides is 1. The molecule has 1 rings (SSSR count). The van der Waals surface area contributed by atoms with Crippen molar-refractivity contribution in [2.24, 2.45) is 0 Å². The largest absolute Gasteiger partial charge is 0.481 e. The molecule has 1 unspecified atom stereocenters. The highest BCUT2D eigenvalue weighted by atomic mass is 16.4. The average Bonchev–Trinajstić information content (AvgIpc) is 2.45. The van der Waals surface area contributed by atoms with E-state index in [-0.39, 0.29) is 12.3 Å². The third-order valence-corrected chi connectivity index (χ3v) is 3.45. The lowest BCUT2D eigenvalue weighted by Gasteiger charge is -2.22. The third-order valence-electron chi connectivity index (χ3n) is 3.45. The number of unbranched alkanes of at least 4 members (excludes halogenated alkanes) is 1. The second-order valence-electron chi connectivity index (χ2n) is 5.33. The zero-order valence-electron chi connectivity index (χ0n) is 11.0. The van der Waals surface area contributed by atoms with E-state index in [4.69, 9.17) is 5.11 Å². The molecule has 0 spiro atoms. The van der Waals surface area contributed by atoms with Crippen LogP contribution in [0.3, 0.4) is 0 Å². The van der Waals surface area contributed by atoms with Crippen LogP contribution in [-0.2, 0) is 9.59 Å². The fourth-order valence-corrected chi connectivity index (χ4v) is 2.22. The molecule has 0 aliphatic carbocycles. The molecule has 1 aliphatic heterocycles. The zero-order valence-corrected chi connectivity index (χ0v) is 11.0. The number of carboxylic acids is 1. The van der Waals surface area contributed by atoms with Gasteiger partial charge < -0.3 is 15.1 Å². The number of hydrogen-bond donors (Lipinski definition) is 2. The van der Waals surface area contributed by atoms with Crippen molar-refractivity contribution in [3.05, 3.63) is 0 Å². The van der Waals surface area contributed by atoms with E-state index in [1.807, 2.05) is 6.92 Å². The highest BCUT2D eigenvalue weighted by Gasteiger charge is 2.26. The van der Waals surface area contributed by atoms with E-state index >= 15 is 0 Å². The smallest absolute Gasteiger partial charge is 0.303 e. The van der Waals surface area contributed by atoms with Gasteiger partial charge in [0.15, 0.2) is 0 Å². The van der Waals surface area contributed by atoms with Crippen LogP contribution in [-0.4, -0.2) is 45.7 Å². The number of hydrogen-bond acceptors (Lipinski definition) is 3. The predicted molar refractivity (Wildman–Crippen MR) is 67.2 cm³/mol. The van der Waals surface area contributed by atoms with Crippen LogP contribution in [0.5, 0.6) is 0 Å². The fourth-order valence-electron chi connectivity index (χ4n) is 2.22. The van der Waals surface area contributed by atoms with Crippen molar-refractivity contribution < 1.29 is 19.8 Å². The third kappa shape index (κ3) is 5.49. The number of carbonyl (C=O) groups excluding carboxylic acids is 1. The molecule has 0 radical (unpaired) electrons. The Morgan fingerprint density at radius 1 is 1.17 bits per heavy atom. The number of carbonyl (C=O) groups is 2. The van der Waals surface area contributed by atoms with Crippen LogP contribution >= 0.6 is 0 Å². The van der Waals surface area contributed by atoms with Gasteiger partial charge in [0.05, 0.1) is 5.60 Å². The maximum atomic E-state index is 11.9. The van der Waals surface area contributed by atoms with E-state index < -0.39 is 11.6 Å². The van der Waals surface area contributed by atoms with Crippen molar-refractivity contribution in [1.29, 1.82) is 0 Å². The summed E-state index contributed by atoms with van der Waals surface area (Å²) in [5.41, 5.74) is -0.654. The quantitative estimate of drug-likeness (QED) is 0.730. The van der Waals surface area contributed by atoms with Crippen LogP contribution in [0, 0.1) is 0 Å². The van der Waals surface area contributed by atoms with Crippen LogP contribution in [0.15, 0.2) is 0 Å². The van der Waals surface area contributed by atoms with Gasteiger partial charge in [-0.1, -0.05) is 0 Å². The Kier molecular flexibility index (Phi) is 5.59. The number of carboxylic acid groups (broad SMARTS) is 1. The van der Waals surface area contributed by atoms with Gasteiger partial charge in [-0.05, 0) is 39.0 Å². The maximum Gasteiger partial charge on any atom is 0.303 e. The topological polar surface area (TPSA) is 77.8 Å². The molecule has 2 N–H and O–H groups in total. The minimum absolute atomic E-state index is 0.0816. The molecule has 0 aromatic heterocycles. The first-order valence-corrected chi connectivity index (χ1v) is 6.63. The van der Waals surface area contributed by atoms with Crippen molar-refractivity contribution in [1.82, 2.24) is 4.90 Å². The minimum Gasteiger partial charge on any atom is -0.481 e. The molecular weight excluding hydrogens is 234 g/mol. The summed E-state index contributed by atoms with van der Waals surface area (Å²) in [6.07, 6.45) is 3.89. The van der Waals surface area contributed by atoms with E-state index in [0.717, 1.165) is 12.8 Å². The van der Waals surface area contributed by atoms with Crippen molar-refractivity contribution in [2.75, 3.05) is 13.1 Å². The van der Waals surface area contributed by atoms with Crippen molar-refractivity contribution in [2.45, 2.75) is 57.5 Å². The molecule has 18 heavy (non-hydrogen) atoms. The Bertz CT molecular complexity index is 301. The second-order valence-corrected chi connectivity index (χ2v) is 5.33. The molecule has 5 heteroatoms. The van der Waals surface area contributed by atoms with Crippen LogP contribution < -0.4 is 0 Å². The molecule has 1 fully saturated rings. The van der Waals surface area contributed by atoms with Gasteiger partial charge in [0.1, 0.15) is 0 Å². The van der Waals surface area contributed by atoms with E-state index in [0.29, 0.717) is 38.8 Å². The Morgan fingerprint density at radius 2 is 1.83 bits per heavy atom. The van der Waals surface area contributed by atoms with Gasteiger partial charge in [0, 0.05) is 25.9 Å². The number of nitrogens with zero attached hydrogens (tertiary/aromatic N) is 1. The summed E-state index contributed by atoms with van der Waals surface area (Å²) in [5, 5.41) is 18.4. The van der Waals surface area contributed by atoms with Gasteiger partial charge in [-0.15, -0.1) is 0 Å². The molecule has 0 saturated carbocycles. The summed E-state index contributed by atoms with van der Waals surface area (Å²) in [6, 6.07) is 0. The van der Waals surface area contributed by atoms with E-state index in [2.05, 4.69) is 0 Å². The number of aliphatic carboxylic acids is 1. The summed E-state index contributed by atoms with van der Waals surface area (Å²) < 4.78 is 0. The Labute approximate surface area is 108 Å². The van der Waals surface area contributed by atoms with Crippen LogP contribution in [0.1, 0.15) is 51.9 Å². The van der Waals surface area contributed by atoms with Gasteiger partial charge in [-0.2, -0.15) is 0 Å². The summed E-state index contributed by atoms with van der Waals surface area (Å²) >= 11 is 0. The van der Waals surface area contributed by atoms with Gasteiger partial charge in [-0.3, -0.25) is 9.59 Å². The molecule has 1 atom stereocenters. The van der Waals surface area contributed by atoms with Gasteiger partial charge in [0.2, 0.25) is 5.91 Å². The van der Waals surface area contributed by atoms with Crippen molar-refractivity contribution >= 4 is 11.9 Å². The molecule has 5 nitrogen and oxygen atoms in total. The lowest BCUT2D eigenvalue weighted by Crippen LogP contribution is -2.33. The lowest BCUT2D eigenvalue weighted by atomic mass is 9.98. The molecular formula is C13H23NO4. The molecule has 1 aliphatic rings. The Hall–Kier alpha value is -1.10. The SMILES string of the molecule is CC1(O)CCCN(C(=O)CCCCC(=O)O)CC1. The standard InChI is InChI=1S/C13H23NO4/c1-13(18)7-4-9-14(10-8-13)11(15)5-2-3-6-12(16)17/h18H,2-10H2,1H3,(H,16,17). The normalized spacial score (nSPS) is 24.7. The molecule has 1 heterocycles. The fraction of sp³-hybridized carbons (Fsp3) is 0.846. The van der Waals surface area contributed by atoms with E-state index in [1.165, 1.54) is 0 Å². The Morgan fingerprint density at radius 3 is 2.50 bits per heavy atom. The Balaban J connectivity index is 2.27. The molecule has 1 amide bonds. The first-order valence-electron chi connectivity index (χ1n) is 6.63. The summed E-state index contributed by atoms with van der Waals surface area (Å²) in [4.78, 5) is 24.0. The van der Waals surface area contributed by atoms with E-state index in [1.54, 1.807) is 4.90 Å². The summed E-state index contributed by atoms with van der Waals surface area (Å²) in [7, 11) is 0. The highest BCUT2D eigenvalue weighted by Crippen LogP contribution is 2.21. The molecule has 0 aromatic carbocycles. The van der Waals surface area contributed by atoms with E-state index in [9.17, 15) is 14.7 Å². The highest BCUT2D eigenvalue weighted by molar-refractivity contribution is 5.76. The lowest BCUT2D eigenvalue weighted by molar-refractivity contribution is -0.137. The van der Waals surface area contributed by atoms with Crippen LogP contribution in [0.4, 0.5) is 0 Å².